The molecule has 23 heavy (non-hydrogen) atoms. The van der Waals surface area contributed by atoms with Gasteiger partial charge < -0.3 is 10.1 Å². The first-order chi connectivity index (χ1) is 11.1. The summed E-state index contributed by atoms with van der Waals surface area (Å²) in [6, 6.07) is 11.6. The molecule has 4 nitrogen and oxygen atoms in total. The van der Waals surface area contributed by atoms with Crippen molar-refractivity contribution in [2.24, 2.45) is 5.92 Å². The van der Waals surface area contributed by atoms with E-state index < -0.39 is 0 Å². The number of nitrogens with one attached hydrogen (secondary N) is 1. The van der Waals surface area contributed by atoms with Crippen LogP contribution in [0, 0.1) is 5.92 Å². The number of rotatable bonds is 7. The Morgan fingerprint density at radius 3 is 2.57 bits per heavy atom. The Balaban J connectivity index is 1.97. The molecule has 0 bridgehead atoms. The van der Waals surface area contributed by atoms with Crippen molar-refractivity contribution in [2.45, 2.75) is 30.5 Å². The lowest BCUT2D eigenvalue weighted by Gasteiger charge is -2.20. The Kier molecular flexibility index (Phi) is 6.47. The van der Waals surface area contributed by atoms with E-state index in [4.69, 9.17) is 4.74 Å². The molecule has 1 N–H and O–H groups in total. The zero-order valence-electron chi connectivity index (χ0n) is 13.7. The number of ether oxygens (including phenoxy) is 1. The second-order valence-electron chi connectivity index (χ2n) is 5.54. The smallest absolute Gasteiger partial charge is 0.234 e. The topological polar surface area (TPSA) is 51.2 Å². The molecule has 0 aliphatic rings. The van der Waals surface area contributed by atoms with E-state index in [1.165, 1.54) is 0 Å². The molecule has 0 unspecified atom stereocenters. The van der Waals surface area contributed by atoms with Crippen molar-refractivity contribution in [3.05, 3.63) is 54.4 Å². The Morgan fingerprint density at radius 2 is 2.00 bits per heavy atom. The van der Waals surface area contributed by atoms with Crippen molar-refractivity contribution < 1.29 is 9.53 Å². The minimum absolute atomic E-state index is 0.0460. The van der Waals surface area contributed by atoms with E-state index in [2.05, 4.69) is 24.1 Å². The Labute approximate surface area is 141 Å². The fraction of sp³-hybridized carbons (Fsp3) is 0.333. The summed E-state index contributed by atoms with van der Waals surface area (Å²) in [4.78, 5) is 17.6. The number of hydrogen-bond acceptors (Lipinski definition) is 4. The van der Waals surface area contributed by atoms with Crippen molar-refractivity contribution in [1.29, 1.82) is 0 Å². The van der Waals surface area contributed by atoms with Gasteiger partial charge in [0.2, 0.25) is 5.91 Å². The quantitative estimate of drug-likeness (QED) is 0.789. The van der Waals surface area contributed by atoms with Crippen LogP contribution in [-0.2, 0) is 11.3 Å². The lowest BCUT2D eigenvalue weighted by molar-refractivity contribution is -0.121. The van der Waals surface area contributed by atoms with Gasteiger partial charge in [0.25, 0.3) is 0 Å². The maximum atomic E-state index is 12.5. The molecule has 0 spiro atoms. The summed E-state index contributed by atoms with van der Waals surface area (Å²) < 4.78 is 5.16. The van der Waals surface area contributed by atoms with Gasteiger partial charge in [-0.3, -0.25) is 9.78 Å². The van der Waals surface area contributed by atoms with Gasteiger partial charge in [0.1, 0.15) is 5.75 Å². The SMILES string of the molecule is COc1ccc(S[C@H](C(=O)NCc2cccnc2)C(C)C)cc1. The van der Waals surface area contributed by atoms with Gasteiger partial charge in [-0.15, -0.1) is 11.8 Å². The largest absolute Gasteiger partial charge is 0.497 e. The number of pyridine rings is 1. The molecule has 1 atom stereocenters. The monoisotopic (exact) mass is 330 g/mol. The Hall–Kier alpha value is -2.01. The lowest BCUT2D eigenvalue weighted by Crippen LogP contribution is -2.35. The number of carbonyl (C=O) groups excluding carboxylic acids is 1. The maximum absolute atomic E-state index is 12.5. The molecule has 1 heterocycles. The molecule has 2 aromatic rings. The first-order valence-corrected chi connectivity index (χ1v) is 8.45. The van der Waals surface area contributed by atoms with E-state index in [1.54, 1.807) is 31.3 Å². The molecule has 1 aromatic heterocycles. The summed E-state index contributed by atoms with van der Waals surface area (Å²) in [6.45, 7) is 4.62. The summed E-state index contributed by atoms with van der Waals surface area (Å²) >= 11 is 1.58. The van der Waals surface area contributed by atoms with Crippen molar-refractivity contribution in [2.75, 3.05) is 7.11 Å². The van der Waals surface area contributed by atoms with Crippen LogP contribution in [0.15, 0.2) is 53.7 Å². The number of aromatic nitrogens is 1. The molecule has 2 rings (SSSR count). The third-order valence-corrected chi connectivity index (χ3v) is 4.93. The van der Waals surface area contributed by atoms with E-state index in [1.807, 2.05) is 36.4 Å². The third-order valence-electron chi connectivity index (χ3n) is 3.38. The second-order valence-corrected chi connectivity index (χ2v) is 6.75. The van der Waals surface area contributed by atoms with Crippen LogP contribution < -0.4 is 10.1 Å². The highest BCUT2D eigenvalue weighted by molar-refractivity contribution is 8.00. The average Bonchev–Trinajstić information content (AvgIpc) is 2.58. The Morgan fingerprint density at radius 1 is 1.26 bits per heavy atom. The molecule has 0 saturated heterocycles. The van der Waals surface area contributed by atoms with Gasteiger partial charge in [0.15, 0.2) is 0 Å². The van der Waals surface area contributed by atoms with E-state index in [-0.39, 0.29) is 17.1 Å². The van der Waals surface area contributed by atoms with Gasteiger partial charge in [-0.25, -0.2) is 0 Å². The summed E-state index contributed by atoms with van der Waals surface area (Å²) in [5, 5.41) is 2.86. The van der Waals surface area contributed by atoms with Crippen LogP contribution in [0.3, 0.4) is 0 Å². The normalized spacial score (nSPS) is 12.0. The fourth-order valence-corrected chi connectivity index (χ4v) is 3.13. The van der Waals surface area contributed by atoms with Crippen LogP contribution >= 0.6 is 11.8 Å². The predicted octanol–water partition coefficient (Wildman–Crippen LogP) is 3.52. The van der Waals surface area contributed by atoms with Crippen LogP contribution in [0.5, 0.6) is 5.75 Å². The van der Waals surface area contributed by atoms with E-state index in [0.717, 1.165) is 16.2 Å². The van der Waals surface area contributed by atoms with Gasteiger partial charge in [0.05, 0.1) is 12.4 Å². The summed E-state index contributed by atoms with van der Waals surface area (Å²) in [5.41, 5.74) is 0.998. The maximum Gasteiger partial charge on any atom is 0.234 e. The molecule has 0 aliphatic carbocycles. The number of thioether (sulfide) groups is 1. The molecular weight excluding hydrogens is 308 g/mol. The number of amides is 1. The fourth-order valence-electron chi connectivity index (χ4n) is 2.09. The van der Waals surface area contributed by atoms with Gasteiger partial charge >= 0.3 is 0 Å². The highest BCUT2D eigenvalue weighted by Crippen LogP contribution is 2.29. The molecule has 1 amide bonds. The molecule has 0 radical (unpaired) electrons. The lowest BCUT2D eigenvalue weighted by atomic mass is 10.1. The standard InChI is InChI=1S/C18H22N2O2S/c1-13(2)17(23-16-8-6-15(22-3)7-9-16)18(21)20-12-14-5-4-10-19-11-14/h4-11,13,17H,12H2,1-3H3,(H,20,21)/t17-/m0/s1. The van der Waals surface area contributed by atoms with Crippen LogP contribution in [0.1, 0.15) is 19.4 Å². The summed E-state index contributed by atoms with van der Waals surface area (Å²) in [5.74, 6) is 1.09. The van der Waals surface area contributed by atoms with Crippen LogP contribution in [-0.4, -0.2) is 23.3 Å². The minimum Gasteiger partial charge on any atom is -0.497 e. The number of carbonyl (C=O) groups is 1. The highest BCUT2D eigenvalue weighted by atomic mass is 32.2. The number of nitrogens with zero attached hydrogens (tertiary/aromatic N) is 1. The van der Waals surface area contributed by atoms with Crippen LogP contribution in [0.2, 0.25) is 0 Å². The van der Waals surface area contributed by atoms with Gasteiger partial charge in [-0.05, 0) is 41.8 Å². The predicted molar refractivity (Wildman–Crippen MR) is 93.6 cm³/mol. The first kappa shape index (κ1) is 17.3. The zero-order chi connectivity index (χ0) is 16.7. The van der Waals surface area contributed by atoms with Gasteiger partial charge in [0, 0.05) is 23.8 Å². The summed E-state index contributed by atoms with van der Waals surface area (Å²) in [6.07, 6.45) is 3.49. The van der Waals surface area contributed by atoms with Crippen LogP contribution in [0.25, 0.3) is 0 Å². The van der Waals surface area contributed by atoms with E-state index in [9.17, 15) is 4.79 Å². The van der Waals surface area contributed by atoms with Crippen LogP contribution in [0.4, 0.5) is 0 Å². The van der Waals surface area contributed by atoms with Crippen molar-refractivity contribution in [1.82, 2.24) is 10.3 Å². The molecule has 122 valence electrons. The van der Waals surface area contributed by atoms with Crippen molar-refractivity contribution in [3.8, 4) is 5.75 Å². The van der Waals surface area contributed by atoms with Gasteiger partial charge in [-0.1, -0.05) is 19.9 Å². The molecule has 1 aromatic carbocycles. The first-order valence-electron chi connectivity index (χ1n) is 7.57. The molecular formula is C18H22N2O2S. The number of benzene rings is 1. The molecule has 0 aliphatic heterocycles. The number of methoxy groups -OCH3 is 1. The van der Waals surface area contributed by atoms with E-state index in [0.29, 0.717) is 6.54 Å². The minimum atomic E-state index is -0.139. The second kappa shape index (κ2) is 8.58. The molecule has 5 heteroatoms. The number of hydrogen-bond donors (Lipinski definition) is 1. The molecule has 0 saturated carbocycles. The third kappa shape index (κ3) is 5.28. The Bertz CT molecular complexity index is 615. The average molecular weight is 330 g/mol. The molecule has 0 fully saturated rings. The zero-order valence-corrected chi connectivity index (χ0v) is 14.5. The summed E-state index contributed by atoms with van der Waals surface area (Å²) in [7, 11) is 1.64. The highest BCUT2D eigenvalue weighted by Gasteiger charge is 2.23. The van der Waals surface area contributed by atoms with E-state index >= 15 is 0 Å². The van der Waals surface area contributed by atoms with Crippen molar-refractivity contribution in [3.63, 3.8) is 0 Å². The van der Waals surface area contributed by atoms with Gasteiger partial charge in [-0.2, -0.15) is 0 Å². The van der Waals surface area contributed by atoms with Crippen molar-refractivity contribution >= 4 is 17.7 Å².